The number of nitrogens with one attached hydrogen (secondary N) is 1. The van der Waals surface area contributed by atoms with Crippen molar-refractivity contribution in [2.75, 3.05) is 6.54 Å². The van der Waals surface area contributed by atoms with E-state index in [1.54, 1.807) is 40.2 Å². The van der Waals surface area contributed by atoms with Gasteiger partial charge in [-0.3, -0.25) is 9.36 Å². The largest absolute Gasteiger partial charge is 0.472 e. The smallest absolute Gasteiger partial charge is 0.326 e. The first kappa shape index (κ1) is 15.1. The van der Waals surface area contributed by atoms with Crippen LogP contribution in [0.2, 0.25) is 0 Å². The van der Waals surface area contributed by atoms with Gasteiger partial charge in [0.25, 0.3) is 5.91 Å². The quantitative estimate of drug-likeness (QED) is 0.787. The third kappa shape index (κ3) is 2.79. The highest BCUT2D eigenvalue weighted by atomic mass is 16.3. The highest BCUT2D eigenvalue weighted by molar-refractivity contribution is 5.97. The standard InChI is InChI=1S/C17H19N3O3/c1-3-19(10-12-7-8-23-11-12)16(21)13-5-6-14-15(9-13)20(4-2)17(22)18-14/h5-9,11H,3-4,10H2,1-2H3,(H,18,22). The molecule has 0 saturated heterocycles. The number of rotatable bonds is 5. The molecule has 0 aliphatic heterocycles. The van der Waals surface area contributed by atoms with E-state index in [1.165, 1.54) is 0 Å². The summed E-state index contributed by atoms with van der Waals surface area (Å²) in [5.41, 5.74) is 2.87. The number of furan rings is 1. The zero-order valence-corrected chi connectivity index (χ0v) is 13.2. The molecule has 0 aliphatic rings. The summed E-state index contributed by atoms with van der Waals surface area (Å²) in [5, 5.41) is 0. The van der Waals surface area contributed by atoms with E-state index in [0.717, 1.165) is 16.6 Å². The fourth-order valence-corrected chi connectivity index (χ4v) is 2.71. The van der Waals surface area contributed by atoms with Crippen molar-refractivity contribution in [3.05, 3.63) is 58.4 Å². The van der Waals surface area contributed by atoms with Gasteiger partial charge in [-0.15, -0.1) is 0 Å². The number of aryl methyl sites for hydroxylation is 1. The van der Waals surface area contributed by atoms with Crippen LogP contribution in [0.1, 0.15) is 29.8 Å². The predicted molar refractivity (Wildman–Crippen MR) is 87.4 cm³/mol. The third-order valence-electron chi connectivity index (χ3n) is 3.96. The van der Waals surface area contributed by atoms with Crippen LogP contribution >= 0.6 is 0 Å². The van der Waals surface area contributed by atoms with Gasteiger partial charge in [0.05, 0.1) is 23.6 Å². The molecule has 23 heavy (non-hydrogen) atoms. The molecule has 0 aliphatic carbocycles. The number of fused-ring (bicyclic) bond motifs is 1. The van der Waals surface area contributed by atoms with Crippen molar-refractivity contribution in [3.63, 3.8) is 0 Å². The summed E-state index contributed by atoms with van der Waals surface area (Å²) < 4.78 is 6.68. The van der Waals surface area contributed by atoms with Gasteiger partial charge in [0.2, 0.25) is 0 Å². The molecule has 1 N–H and O–H groups in total. The molecule has 0 spiro atoms. The Morgan fingerprint density at radius 3 is 2.78 bits per heavy atom. The molecule has 1 aromatic carbocycles. The molecule has 0 fully saturated rings. The van der Waals surface area contributed by atoms with Crippen LogP contribution < -0.4 is 5.69 Å². The Hall–Kier alpha value is -2.76. The first-order valence-corrected chi connectivity index (χ1v) is 7.67. The molecule has 0 saturated carbocycles. The first-order valence-electron chi connectivity index (χ1n) is 7.67. The molecule has 0 bridgehead atoms. The number of nitrogens with zero attached hydrogens (tertiary/aromatic N) is 2. The van der Waals surface area contributed by atoms with E-state index in [9.17, 15) is 9.59 Å². The minimum Gasteiger partial charge on any atom is -0.472 e. The van der Waals surface area contributed by atoms with Crippen LogP contribution in [0, 0.1) is 0 Å². The number of aromatic amines is 1. The Morgan fingerprint density at radius 2 is 2.13 bits per heavy atom. The van der Waals surface area contributed by atoms with Crippen LogP contribution in [-0.4, -0.2) is 26.9 Å². The second-order valence-corrected chi connectivity index (χ2v) is 5.36. The number of amides is 1. The summed E-state index contributed by atoms with van der Waals surface area (Å²) in [6.45, 7) is 5.49. The lowest BCUT2D eigenvalue weighted by atomic mass is 10.1. The summed E-state index contributed by atoms with van der Waals surface area (Å²) in [7, 11) is 0. The first-order chi connectivity index (χ1) is 11.1. The van der Waals surface area contributed by atoms with Crippen LogP contribution in [0.25, 0.3) is 11.0 Å². The number of carbonyl (C=O) groups is 1. The van der Waals surface area contributed by atoms with Crippen LogP contribution in [0.15, 0.2) is 46.0 Å². The Bertz CT molecular complexity index is 874. The van der Waals surface area contributed by atoms with Crippen molar-refractivity contribution in [2.24, 2.45) is 0 Å². The maximum atomic E-state index is 12.7. The number of hydrogen-bond donors (Lipinski definition) is 1. The fraction of sp³-hybridized carbons (Fsp3) is 0.294. The van der Waals surface area contributed by atoms with Crippen molar-refractivity contribution in [3.8, 4) is 0 Å². The molecular formula is C17H19N3O3. The van der Waals surface area contributed by atoms with Gasteiger partial charge in [-0.25, -0.2) is 4.79 Å². The zero-order chi connectivity index (χ0) is 16.4. The highest BCUT2D eigenvalue weighted by Crippen LogP contribution is 2.16. The number of carbonyl (C=O) groups excluding carboxylic acids is 1. The van der Waals surface area contributed by atoms with Crippen molar-refractivity contribution >= 4 is 16.9 Å². The van der Waals surface area contributed by atoms with Crippen LogP contribution in [0.5, 0.6) is 0 Å². The van der Waals surface area contributed by atoms with Gasteiger partial charge >= 0.3 is 5.69 Å². The number of hydrogen-bond acceptors (Lipinski definition) is 3. The molecule has 3 rings (SSSR count). The van der Waals surface area contributed by atoms with Crippen LogP contribution in [0.3, 0.4) is 0 Å². The molecule has 0 unspecified atom stereocenters. The topological polar surface area (TPSA) is 71.2 Å². The minimum absolute atomic E-state index is 0.0631. The third-order valence-corrected chi connectivity index (χ3v) is 3.96. The van der Waals surface area contributed by atoms with Gasteiger partial charge < -0.3 is 14.3 Å². The van der Waals surface area contributed by atoms with Crippen molar-refractivity contribution in [1.82, 2.24) is 14.5 Å². The number of imidazole rings is 1. The zero-order valence-electron chi connectivity index (χ0n) is 13.2. The van der Waals surface area contributed by atoms with E-state index in [0.29, 0.717) is 25.2 Å². The average Bonchev–Trinajstić information content (AvgIpc) is 3.17. The lowest BCUT2D eigenvalue weighted by Crippen LogP contribution is -2.30. The maximum absolute atomic E-state index is 12.7. The molecular weight excluding hydrogens is 294 g/mol. The summed E-state index contributed by atoms with van der Waals surface area (Å²) in [6, 6.07) is 7.15. The minimum atomic E-state index is -0.155. The van der Waals surface area contributed by atoms with Gasteiger partial charge in [0, 0.05) is 30.8 Å². The van der Waals surface area contributed by atoms with Crippen LogP contribution in [-0.2, 0) is 13.1 Å². The molecule has 0 atom stereocenters. The molecule has 2 heterocycles. The molecule has 3 aromatic rings. The van der Waals surface area contributed by atoms with E-state index in [4.69, 9.17) is 4.42 Å². The molecule has 1 amide bonds. The summed E-state index contributed by atoms with van der Waals surface area (Å²) in [6.07, 6.45) is 3.24. The second-order valence-electron chi connectivity index (χ2n) is 5.36. The van der Waals surface area contributed by atoms with Crippen molar-refractivity contribution < 1.29 is 9.21 Å². The lowest BCUT2D eigenvalue weighted by molar-refractivity contribution is 0.0752. The van der Waals surface area contributed by atoms with E-state index >= 15 is 0 Å². The summed E-state index contributed by atoms with van der Waals surface area (Å²) in [5.74, 6) is -0.0631. The van der Waals surface area contributed by atoms with Gasteiger partial charge in [-0.05, 0) is 38.1 Å². The number of aromatic nitrogens is 2. The van der Waals surface area contributed by atoms with Gasteiger partial charge in [-0.2, -0.15) is 0 Å². The van der Waals surface area contributed by atoms with Gasteiger partial charge in [-0.1, -0.05) is 0 Å². The van der Waals surface area contributed by atoms with E-state index in [2.05, 4.69) is 4.98 Å². The van der Waals surface area contributed by atoms with Crippen LogP contribution in [0.4, 0.5) is 0 Å². The molecule has 6 heteroatoms. The SMILES string of the molecule is CCN(Cc1ccoc1)C(=O)c1ccc2[nH]c(=O)n(CC)c2c1. The number of benzene rings is 1. The molecule has 2 aromatic heterocycles. The molecule has 0 radical (unpaired) electrons. The van der Waals surface area contributed by atoms with Gasteiger partial charge in [0.15, 0.2) is 0 Å². The monoisotopic (exact) mass is 313 g/mol. The molecule has 120 valence electrons. The van der Waals surface area contributed by atoms with Crippen molar-refractivity contribution in [1.29, 1.82) is 0 Å². The second kappa shape index (κ2) is 6.16. The van der Waals surface area contributed by atoms with E-state index in [1.807, 2.05) is 19.9 Å². The Labute approximate surface area is 133 Å². The van der Waals surface area contributed by atoms with Crippen molar-refractivity contribution in [2.45, 2.75) is 26.9 Å². The Morgan fingerprint density at radius 1 is 1.30 bits per heavy atom. The Kier molecular flexibility index (Phi) is 4.06. The normalized spacial score (nSPS) is 11.0. The average molecular weight is 313 g/mol. The summed E-state index contributed by atoms with van der Waals surface area (Å²) in [4.78, 5) is 29.1. The van der Waals surface area contributed by atoms with E-state index in [-0.39, 0.29) is 11.6 Å². The highest BCUT2D eigenvalue weighted by Gasteiger charge is 2.17. The fourth-order valence-electron chi connectivity index (χ4n) is 2.71. The molecule has 6 nitrogen and oxygen atoms in total. The summed E-state index contributed by atoms with van der Waals surface area (Å²) >= 11 is 0. The maximum Gasteiger partial charge on any atom is 0.326 e. The predicted octanol–water partition coefficient (Wildman–Crippen LogP) is 2.60. The Balaban J connectivity index is 1.94. The lowest BCUT2D eigenvalue weighted by Gasteiger charge is -2.20. The number of H-pyrrole nitrogens is 1. The van der Waals surface area contributed by atoms with E-state index < -0.39 is 0 Å². The van der Waals surface area contributed by atoms with Gasteiger partial charge in [0.1, 0.15) is 0 Å².